The standard InChI is InChI=1S/C55H92N4O41/c1-15(68)57-27-19(71)4-55(54(85)86,99-45(27)30(73)20(72)6-61)100-47-33(76)22(8-63)90-53(41(47)84)96-42-23(9-64)91-48(28(34(42)77)58-16(2)69)88-13-26-31(74)36(79)38(81)51(94-26)95-43-24(10-65)92-49(29(35(43)78)59-17(3)70)98-46-32(75)21(7-62)89-52(40(46)83)97-44-25(11-66)93-50(39(82)37(44)80)87-12-18(5-60)56-14-67/h14,18-53,60-66,71-84H,4-13H2,1-3H3,(H,56,67)(H,57,68)(H,58,69)(H,59,70)(H,85,86)/t18-,19+,20-,21-,22-,23-,24-,25-,26-,27-,28-,29-,30-,31+,32+,33+,34-,35-,36+,37-,38-,39-,40-,41-,42-,43-,44-,45-,46+,47+,48-,49+,50-,51+,52+,53+,55+/m1/s1. The first kappa shape index (κ1) is 83.2. The minimum Gasteiger partial charge on any atom is -0.477 e. The van der Waals surface area contributed by atoms with E-state index in [4.69, 9.17) is 66.3 Å². The van der Waals surface area contributed by atoms with Gasteiger partial charge in [-0.25, -0.2) is 4.79 Å². The Bertz CT molecular complexity index is 2600. The first-order valence-corrected chi connectivity index (χ1v) is 31.5. The predicted molar refractivity (Wildman–Crippen MR) is 308 cm³/mol. The van der Waals surface area contributed by atoms with E-state index in [9.17, 15) is 136 Å². The molecule has 45 heteroatoms. The molecule has 578 valence electrons. The zero-order valence-corrected chi connectivity index (χ0v) is 53.5. The topological polar surface area (TPSA) is 708 Å². The van der Waals surface area contributed by atoms with E-state index >= 15 is 0 Å². The number of amides is 4. The molecule has 0 radical (unpaired) electrons. The van der Waals surface area contributed by atoms with E-state index in [2.05, 4.69) is 21.3 Å². The monoisotopic (exact) mass is 1460 g/mol. The van der Waals surface area contributed by atoms with Crippen molar-refractivity contribution in [2.45, 2.75) is 254 Å². The maximum absolute atomic E-state index is 13.1. The van der Waals surface area contributed by atoms with Gasteiger partial charge in [-0.1, -0.05) is 0 Å². The number of ether oxygens (including phenoxy) is 14. The van der Waals surface area contributed by atoms with Gasteiger partial charge in [0.2, 0.25) is 24.1 Å². The number of carboxylic acid groups (broad SMARTS) is 1. The third-order valence-corrected chi connectivity index (χ3v) is 17.7. The maximum Gasteiger partial charge on any atom is 0.364 e. The molecule has 7 fully saturated rings. The van der Waals surface area contributed by atoms with Crippen molar-refractivity contribution in [1.29, 1.82) is 0 Å². The molecule has 0 spiro atoms. The minimum absolute atomic E-state index is 0.261. The number of carbonyl (C=O) groups is 5. The van der Waals surface area contributed by atoms with Crippen LogP contribution in [0.25, 0.3) is 0 Å². The second-order valence-corrected chi connectivity index (χ2v) is 24.7. The largest absolute Gasteiger partial charge is 0.477 e. The van der Waals surface area contributed by atoms with E-state index in [0.29, 0.717) is 0 Å². The summed E-state index contributed by atoms with van der Waals surface area (Å²) in [5, 5.41) is 249. The van der Waals surface area contributed by atoms with Crippen LogP contribution in [-0.2, 0) is 90.3 Å². The molecule has 26 N–H and O–H groups in total. The molecule has 0 aromatic rings. The highest BCUT2D eigenvalue weighted by Gasteiger charge is 2.62. The summed E-state index contributed by atoms with van der Waals surface area (Å²) in [6.45, 7) is -5.70. The van der Waals surface area contributed by atoms with E-state index in [1.807, 2.05) is 0 Å². The van der Waals surface area contributed by atoms with Crippen molar-refractivity contribution in [3.05, 3.63) is 0 Å². The average Bonchev–Trinajstić information content (AvgIpc) is 0.758. The molecule has 4 amide bonds. The molecule has 45 nitrogen and oxygen atoms in total. The number of aliphatic hydroxyl groups excluding tert-OH is 21. The molecule has 0 saturated carbocycles. The lowest BCUT2D eigenvalue weighted by Crippen LogP contribution is -2.71. The number of rotatable bonds is 31. The molecular weight excluding hydrogens is 1370 g/mol. The fraction of sp³-hybridized carbons (Fsp3) is 0.909. The Labute approximate surface area is 565 Å². The lowest BCUT2D eigenvalue weighted by molar-refractivity contribution is -0.385. The molecule has 0 aromatic carbocycles. The van der Waals surface area contributed by atoms with Gasteiger partial charge in [-0.3, -0.25) is 19.2 Å². The summed E-state index contributed by atoms with van der Waals surface area (Å²) < 4.78 is 80.5. The van der Waals surface area contributed by atoms with Gasteiger partial charge in [0.25, 0.3) is 5.79 Å². The molecule has 0 aromatic heterocycles. The molecule has 37 atom stereocenters. The summed E-state index contributed by atoms with van der Waals surface area (Å²) in [6, 6.07) is -6.37. The van der Waals surface area contributed by atoms with Crippen LogP contribution in [0.4, 0.5) is 0 Å². The number of carbonyl (C=O) groups excluding carboxylic acids is 4. The zero-order valence-electron chi connectivity index (χ0n) is 53.5. The Hall–Kier alpha value is -4.05. The fourth-order valence-electron chi connectivity index (χ4n) is 12.4. The van der Waals surface area contributed by atoms with Crippen LogP contribution in [0.15, 0.2) is 0 Å². The molecule has 0 unspecified atom stereocenters. The zero-order chi connectivity index (χ0) is 74.1. The van der Waals surface area contributed by atoms with E-state index in [1.165, 1.54) is 0 Å². The normalized spacial score (nSPS) is 45.0. The lowest BCUT2D eigenvalue weighted by Gasteiger charge is -2.51. The van der Waals surface area contributed by atoms with Crippen molar-refractivity contribution in [1.82, 2.24) is 21.3 Å². The molecule has 7 aliphatic rings. The van der Waals surface area contributed by atoms with Gasteiger partial charge in [0.1, 0.15) is 165 Å². The van der Waals surface area contributed by atoms with E-state index < -0.39 is 316 Å². The van der Waals surface area contributed by atoms with Crippen molar-refractivity contribution < 1.29 is 203 Å². The third-order valence-electron chi connectivity index (χ3n) is 17.7. The maximum atomic E-state index is 13.1. The van der Waals surface area contributed by atoms with Crippen LogP contribution in [0.3, 0.4) is 0 Å². The van der Waals surface area contributed by atoms with E-state index in [-0.39, 0.29) is 6.41 Å². The molecule has 7 heterocycles. The van der Waals surface area contributed by atoms with Gasteiger partial charge in [0, 0.05) is 27.2 Å². The Morgan fingerprint density at radius 1 is 0.460 bits per heavy atom. The van der Waals surface area contributed by atoms with Gasteiger partial charge in [0.15, 0.2) is 37.7 Å². The predicted octanol–water partition coefficient (Wildman–Crippen LogP) is -17.5. The highest BCUT2D eigenvalue weighted by Crippen LogP contribution is 2.40. The van der Waals surface area contributed by atoms with Crippen molar-refractivity contribution in [2.75, 3.05) is 59.5 Å². The Morgan fingerprint density at radius 3 is 1.36 bits per heavy atom. The Kier molecular flexibility index (Phi) is 30.6. The van der Waals surface area contributed by atoms with Crippen LogP contribution < -0.4 is 21.3 Å². The van der Waals surface area contributed by atoms with Gasteiger partial charge >= 0.3 is 5.97 Å². The lowest BCUT2D eigenvalue weighted by atomic mass is 9.88. The first-order valence-electron chi connectivity index (χ1n) is 31.5. The van der Waals surface area contributed by atoms with Gasteiger partial charge in [-0.2, -0.15) is 0 Å². The Balaban J connectivity index is 1.04. The molecule has 100 heavy (non-hydrogen) atoms. The van der Waals surface area contributed by atoms with Gasteiger partial charge in [-0.05, 0) is 0 Å². The molecule has 7 aliphatic heterocycles. The summed E-state index contributed by atoms with van der Waals surface area (Å²) in [5.74, 6) is -7.97. The summed E-state index contributed by atoms with van der Waals surface area (Å²) in [5.41, 5.74) is 0. The number of hydrogen-bond acceptors (Lipinski definition) is 40. The summed E-state index contributed by atoms with van der Waals surface area (Å²) in [4.78, 5) is 61.5. The second-order valence-electron chi connectivity index (χ2n) is 24.7. The number of hydrogen-bond donors (Lipinski definition) is 26. The van der Waals surface area contributed by atoms with E-state index in [1.54, 1.807) is 0 Å². The highest BCUT2D eigenvalue weighted by atomic mass is 16.8. The van der Waals surface area contributed by atoms with Crippen molar-refractivity contribution in [2.24, 2.45) is 0 Å². The summed E-state index contributed by atoms with van der Waals surface area (Å²) in [7, 11) is 0. The molecular formula is C55H92N4O41. The fourth-order valence-corrected chi connectivity index (χ4v) is 12.4. The van der Waals surface area contributed by atoms with Gasteiger partial charge in [-0.15, -0.1) is 0 Å². The molecule has 7 saturated heterocycles. The van der Waals surface area contributed by atoms with Crippen molar-refractivity contribution >= 4 is 30.1 Å². The van der Waals surface area contributed by atoms with Crippen molar-refractivity contribution in [3.63, 3.8) is 0 Å². The third kappa shape index (κ3) is 18.8. The van der Waals surface area contributed by atoms with Crippen LogP contribution >= 0.6 is 0 Å². The first-order chi connectivity index (χ1) is 47.3. The van der Waals surface area contributed by atoms with Crippen LogP contribution in [0.5, 0.6) is 0 Å². The molecule has 0 bridgehead atoms. The van der Waals surface area contributed by atoms with Crippen LogP contribution in [0.1, 0.15) is 27.2 Å². The van der Waals surface area contributed by atoms with Crippen LogP contribution in [-0.4, -0.2) is 428 Å². The molecule has 0 aliphatic carbocycles. The van der Waals surface area contributed by atoms with Gasteiger partial charge < -0.3 is 200 Å². The summed E-state index contributed by atoms with van der Waals surface area (Å²) >= 11 is 0. The number of aliphatic hydroxyl groups is 21. The van der Waals surface area contributed by atoms with Gasteiger partial charge in [0.05, 0.1) is 77.6 Å². The second kappa shape index (κ2) is 36.8. The minimum atomic E-state index is -3.22. The average molecular weight is 1470 g/mol. The Morgan fingerprint density at radius 2 is 0.880 bits per heavy atom. The highest BCUT2D eigenvalue weighted by molar-refractivity contribution is 5.77. The SMILES string of the molecule is CC(=O)N[C@H]1[C@H](O[C@H]2[C@@H](O)[C@@H](CO)O[C@@H](O[C@H]3[C@H](O)[C@@H](O)[C@H](OC[C@@H](CO)NC=O)O[C@@H]3CO)[C@@H]2O)O[C@H](CO)[C@@H](O[C@@H]2O[C@H](CO[C@@H]3O[C@H](CO)[C@@H](O[C@@H]4O[C@H](CO)[C@H](O)[C@H](O[C@]5(C(=O)O)C[C@H](O)[C@@H](NC(C)=O)[C@H]([C@H](O)[C@H](O)CO)O5)[C@H]4O)[C@H](O)[C@H]3NC(C)=O)[C@H](O)[C@H](O)[C@H]2O)[C@@H]1O. The number of nitrogens with one attached hydrogen (secondary N) is 4. The van der Waals surface area contributed by atoms with Crippen LogP contribution in [0, 0.1) is 0 Å². The quantitative estimate of drug-likeness (QED) is 0.0287. The van der Waals surface area contributed by atoms with E-state index in [0.717, 1.165) is 20.8 Å². The van der Waals surface area contributed by atoms with Crippen molar-refractivity contribution in [3.8, 4) is 0 Å². The van der Waals surface area contributed by atoms with Crippen LogP contribution in [0.2, 0.25) is 0 Å². The summed E-state index contributed by atoms with van der Waals surface area (Å²) in [6.07, 6.45) is -66.2. The number of carboxylic acids is 1. The molecule has 7 rings (SSSR count). The smallest absolute Gasteiger partial charge is 0.364 e. The number of aliphatic carboxylic acids is 1.